The van der Waals surface area contributed by atoms with Gasteiger partial charge in [0.25, 0.3) is 11.8 Å². The average molecular weight is 473 g/mol. The van der Waals surface area contributed by atoms with Crippen molar-refractivity contribution in [2.45, 2.75) is 13.0 Å². The van der Waals surface area contributed by atoms with Gasteiger partial charge in [0.2, 0.25) is 0 Å². The van der Waals surface area contributed by atoms with Crippen molar-refractivity contribution in [1.82, 2.24) is 4.90 Å². The van der Waals surface area contributed by atoms with Crippen molar-refractivity contribution in [3.05, 3.63) is 89.0 Å². The summed E-state index contributed by atoms with van der Waals surface area (Å²) in [5, 5.41) is 0. The van der Waals surface area contributed by atoms with Crippen LogP contribution in [0.3, 0.4) is 0 Å². The van der Waals surface area contributed by atoms with Crippen LogP contribution in [0.15, 0.2) is 66.7 Å². The molecule has 2 aliphatic heterocycles. The highest BCUT2D eigenvalue weighted by Crippen LogP contribution is 2.32. The first-order valence-corrected chi connectivity index (χ1v) is 11.8. The highest BCUT2D eigenvalue weighted by molar-refractivity contribution is 6.01. The van der Waals surface area contributed by atoms with E-state index in [4.69, 9.17) is 14.2 Å². The molecule has 3 aromatic rings. The quantitative estimate of drug-likeness (QED) is 0.541. The molecule has 0 spiro atoms. The summed E-state index contributed by atoms with van der Waals surface area (Å²) >= 11 is 0. The molecule has 0 fully saturated rings. The lowest BCUT2D eigenvalue weighted by Gasteiger charge is -2.28. The Morgan fingerprint density at radius 3 is 2.63 bits per heavy atom. The third-order valence-corrected chi connectivity index (χ3v) is 6.30. The molecule has 5 rings (SSSR count). The second kappa shape index (κ2) is 10.2. The van der Waals surface area contributed by atoms with Crippen LogP contribution in [-0.4, -0.2) is 56.7 Å². The summed E-state index contributed by atoms with van der Waals surface area (Å²) in [5.74, 6) is 1.20. The lowest BCUT2D eigenvalue weighted by molar-refractivity contribution is -0.120. The van der Waals surface area contributed by atoms with Gasteiger partial charge >= 0.3 is 0 Å². The van der Waals surface area contributed by atoms with Gasteiger partial charge in [0, 0.05) is 32.1 Å². The first-order chi connectivity index (χ1) is 17.1. The van der Waals surface area contributed by atoms with E-state index in [0.717, 1.165) is 28.9 Å². The first kappa shape index (κ1) is 22.9. The van der Waals surface area contributed by atoms with Gasteiger partial charge in [0.15, 0.2) is 6.61 Å². The molecule has 2 aliphatic rings. The summed E-state index contributed by atoms with van der Waals surface area (Å²) in [5.41, 5.74) is 4.42. The van der Waals surface area contributed by atoms with Gasteiger partial charge in [-0.2, -0.15) is 0 Å². The summed E-state index contributed by atoms with van der Waals surface area (Å²) in [4.78, 5) is 29.0. The molecule has 3 aromatic carbocycles. The predicted octanol–water partition coefficient (Wildman–Crippen LogP) is 3.68. The first-order valence-electron chi connectivity index (χ1n) is 11.8. The molecule has 180 valence electrons. The minimum Gasteiger partial charge on any atom is -0.491 e. The van der Waals surface area contributed by atoms with Crippen LogP contribution < -0.4 is 14.4 Å². The molecular weight excluding hydrogens is 444 g/mol. The number of hydrogen-bond donors (Lipinski definition) is 0. The monoisotopic (exact) mass is 472 g/mol. The number of ether oxygens (including phenoxy) is 3. The Kier molecular flexibility index (Phi) is 6.68. The number of hydrogen-bond acceptors (Lipinski definition) is 5. The van der Waals surface area contributed by atoms with E-state index in [2.05, 4.69) is 18.2 Å². The molecule has 2 heterocycles. The van der Waals surface area contributed by atoms with Crippen LogP contribution >= 0.6 is 0 Å². The topological polar surface area (TPSA) is 68.3 Å². The van der Waals surface area contributed by atoms with Gasteiger partial charge in [0.05, 0.1) is 18.9 Å². The van der Waals surface area contributed by atoms with E-state index in [1.54, 1.807) is 30.1 Å². The van der Waals surface area contributed by atoms with Gasteiger partial charge < -0.3 is 24.0 Å². The number of anilines is 1. The van der Waals surface area contributed by atoms with Crippen molar-refractivity contribution in [3.63, 3.8) is 0 Å². The zero-order valence-corrected chi connectivity index (χ0v) is 19.7. The molecule has 0 saturated heterocycles. The van der Waals surface area contributed by atoms with E-state index in [1.807, 2.05) is 30.3 Å². The Balaban J connectivity index is 1.42. The number of fused-ring (bicyclic) bond motifs is 4. The average Bonchev–Trinajstić information content (AvgIpc) is 2.88. The van der Waals surface area contributed by atoms with Gasteiger partial charge in [-0.15, -0.1) is 0 Å². The van der Waals surface area contributed by atoms with E-state index >= 15 is 0 Å². The maximum atomic E-state index is 13.6. The molecule has 0 atom stereocenters. The summed E-state index contributed by atoms with van der Waals surface area (Å²) in [7, 11) is 1.69. The second-order valence-electron chi connectivity index (χ2n) is 8.72. The molecule has 0 radical (unpaired) electrons. The molecular formula is C28H28N2O5. The fourth-order valence-electron chi connectivity index (χ4n) is 4.40. The van der Waals surface area contributed by atoms with Gasteiger partial charge in [-0.1, -0.05) is 42.5 Å². The van der Waals surface area contributed by atoms with E-state index in [-0.39, 0.29) is 18.4 Å². The molecule has 35 heavy (non-hydrogen) atoms. The summed E-state index contributed by atoms with van der Waals surface area (Å²) in [6, 6.07) is 21.6. The Labute approximate surface area is 204 Å². The van der Waals surface area contributed by atoms with Gasteiger partial charge in [0.1, 0.15) is 18.1 Å². The lowest BCUT2D eigenvalue weighted by atomic mass is 10.0. The van der Waals surface area contributed by atoms with Gasteiger partial charge in [-0.05, 0) is 41.0 Å². The minimum atomic E-state index is -0.144. The smallest absolute Gasteiger partial charge is 0.264 e. The molecule has 7 nitrogen and oxygen atoms in total. The van der Waals surface area contributed by atoms with E-state index < -0.39 is 0 Å². The van der Waals surface area contributed by atoms with Crippen LogP contribution in [0, 0.1) is 0 Å². The summed E-state index contributed by atoms with van der Waals surface area (Å²) < 4.78 is 17.3. The molecule has 2 amide bonds. The molecule has 7 heteroatoms. The van der Waals surface area contributed by atoms with E-state index in [1.165, 1.54) is 4.90 Å². The molecule has 0 aliphatic carbocycles. The number of likely N-dealkylation sites (N-methyl/N-ethyl adjacent to an activating group) is 1. The normalized spacial score (nSPS) is 16.3. The Morgan fingerprint density at radius 1 is 0.857 bits per heavy atom. The molecule has 0 N–H and O–H groups in total. The van der Waals surface area contributed by atoms with Crippen molar-refractivity contribution >= 4 is 17.5 Å². The molecule has 2 bridgehead atoms. The number of rotatable bonds is 1. The molecule has 0 saturated carbocycles. The minimum absolute atomic E-state index is 0.00475. The van der Waals surface area contributed by atoms with Crippen molar-refractivity contribution in [2.24, 2.45) is 0 Å². The second-order valence-corrected chi connectivity index (χ2v) is 8.72. The van der Waals surface area contributed by atoms with E-state index in [9.17, 15) is 9.59 Å². The predicted molar refractivity (Wildman–Crippen MR) is 132 cm³/mol. The van der Waals surface area contributed by atoms with Crippen molar-refractivity contribution in [2.75, 3.05) is 44.9 Å². The number of amides is 2. The third kappa shape index (κ3) is 5.15. The Bertz CT molecular complexity index is 1240. The molecule has 0 aromatic heterocycles. The third-order valence-electron chi connectivity index (χ3n) is 6.30. The van der Waals surface area contributed by atoms with Crippen LogP contribution in [0.1, 0.15) is 27.0 Å². The number of nitrogens with zero attached hydrogens (tertiary/aromatic N) is 2. The Hall–Kier alpha value is -3.84. The SMILES string of the molecule is CN1C(=O)COc2ccc(C(=O)N3CCOCCOc4ccccc4Cc4cccc(c4)C3)cc21. The maximum Gasteiger partial charge on any atom is 0.264 e. The highest BCUT2D eigenvalue weighted by Gasteiger charge is 2.25. The van der Waals surface area contributed by atoms with Crippen molar-refractivity contribution < 1.29 is 23.8 Å². The van der Waals surface area contributed by atoms with Crippen LogP contribution in [0.2, 0.25) is 0 Å². The van der Waals surface area contributed by atoms with Crippen LogP contribution in [-0.2, 0) is 22.5 Å². The van der Waals surface area contributed by atoms with Crippen LogP contribution in [0.25, 0.3) is 0 Å². The Morgan fingerprint density at radius 2 is 1.71 bits per heavy atom. The number of carbonyl (C=O) groups is 2. The summed E-state index contributed by atoms with van der Waals surface area (Å²) in [6.07, 6.45) is 0.740. The van der Waals surface area contributed by atoms with Crippen molar-refractivity contribution in [1.29, 1.82) is 0 Å². The van der Waals surface area contributed by atoms with Gasteiger partial charge in [-0.25, -0.2) is 0 Å². The van der Waals surface area contributed by atoms with Gasteiger partial charge in [-0.3, -0.25) is 9.59 Å². The number of benzene rings is 3. The summed E-state index contributed by atoms with van der Waals surface area (Å²) in [6.45, 7) is 2.16. The van der Waals surface area contributed by atoms with E-state index in [0.29, 0.717) is 49.9 Å². The fourth-order valence-corrected chi connectivity index (χ4v) is 4.40. The van der Waals surface area contributed by atoms with Crippen LogP contribution in [0.5, 0.6) is 11.5 Å². The fraction of sp³-hybridized carbons (Fsp3) is 0.286. The molecule has 0 unspecified atom stereocenters. The zero-order chi connectivity index (χ0) is 24.2. The lowest BCUT2D eigenvalue weighted by Crippen LogP contribution is -2.36. The standard InChI is InChI=1S/C28H28N2O5/c1-29-24-17-23(9-10-26(24)35-19-27(29)31)28(32)30-11-12-33-13-14-34-25-8-3-2-7-22(25)16-20-5-4-6-21(15-20)18-30/h2-10,15,17H,11-14,16,18-19H2,1H3. The van der Waals surface area contributed by atoms with Crippen LogP contribution in [0.4, 0.5) is 5.69 Å². The number of para-hydroxylation sites is 1. The number of carbonyl (C=O) groups excluding carboxylic acids is 2. The maximum absolute atomic E-state index is 13.6. The highest BCUT2D eigenvalue weighted by atomic mass is 16.5. The zero-order valence-electron chi connectivity index (χ0n) is 19.7. The van der Waals surface area contributed by atoms with Crippen molar-refractivity contribution in [3.8, 4) is 11.5 Å². The largest absolute Gasteiger partial charge is 0.491 e.